The lowest BCUT2D eigenvalue weighted by Gasteiger charge is -2.12. The van der Waals surface area contributed by atoms with Crippen LogP contribution >= 0.6 is 11.8 Å². The lowest BCUT2D eigenvalue weighted by Crippen LogP contribution is -2.15. The van der Waals surface area contributed by atoms with Gasteiger partial charge >= 0.3 is 5.97 Å². The van der Waals surface area contributed by atoms with E-state index < -0.39 is 10.8 Å². The summed E-state index contributed by atoms with van der Waals surface area (Å²) in [6.07, 6.45) is 9.43. The van der Waals surface area contributed by atoms with Crippen LogP contribution in [0.2, 0.25) is 0 Å². The standard InChI is InChI=1S/C16H20O3S2/c1-19-16(17)14(12-15(20-2)21(3)18)11-7-10-13-8-5-4-6-9-13/h4-11,15H,12H2,1-3H3/b10-7+,14-11-. The molecule has 0 aliphatic rings. The van der Waals surface area contributed by atoms with Crippen molar-refractivity contribution in [3.63, 3.8) is 0 Å². The molecule has 0 amide bonds. The Balaban J connectivity index is 2.87. The zero-order chi connectivity index (χ0) is 15.7. The molecule has 3 nitrogen and oxygen atoms in total. The van der Waals surface area contributed by atoms with Crippen LogP contribution in [0.5, 0.6) is 0 Å². The van der Waals surface area contributed by atoms with Crippen molar-refractivity contribution in [3.8, 4) is 0 Å². The summed E-state index contributed by atoms with van der Waals surface area (Å²) < 4.78 is 16.3. The molecule has 0 heterocycles. The maximum absolute atomic E-state index is 11.8. The molecule has 0 aliphatic heterocycles. The Bertz CT molecular complexity index is 536. The zero-order valence-electron chi connectivity index (χ0n) is 12.4. The molecule has 2 atom stereocenters. The van der Waals surface area contributed by atoms with Gasteiger partial charge in [-0.25, -0.2) is 4.79 Å². The molecule has 0 fully saturated rings. The maximum Gasteiger partial charge on any atom is 0.333 e. The van der Waals surface area contributed by atoms with Crippen LogP contribution in [-0.2, 0) is 20.3 Å². The fourth-order valence-corrected chi connectivity index (χ4v) is 3.55. The van der Waals surface area contributed by atoms with Crippen LogP contribution in [0.3, 0.4) is 0 Å². The Morgan fingerprint density at radius 2 is 2.05 bits per heavy atom. The fraction of sp³-hybridized carbons (Fsp3) is 0.312. The molecule has 1 aromatic rings. The minimum atomic E-state index is -0.994. The van der Waals surface area contributed by atoms with Crippen molar-refractivity contribution in [1.29, 1.82) is 0 Å². The predicted molar refractivity (Wildman–Crippen MR) is 91.6 cm³/mol. The summed E-state index contributed by atoms with van der Waals surface area (Å²) in [5, 5.41) is 0. The Morgan fingerprint density at radius 1 is 1.38 bits per heavy atom. The minimum absolute atomic E-state index is 0.111. The van der Waals surface area contributed by atoms with Gasteiger partial charge in [0.05, 0.1) is 11.7 Å². The van der Waals surface area contributed by atoms with E-state index in [4.69, 9.17) is 4.74 Å². The first-order valence-corrected chi connectivity index (χ1v) is 9.35. The van der Waals surface area contributed by atoms with Gasteiger partial charge < -0.3 is 4.74 Å². The highest BCUT2D eigenvalue weighted by molar-refractivity contribution is 8.10. The van der Waals surface area contributed by atoms with Crippen LogP contribution in [-0.4, -0.2) is 34.4 Å². The molecular weight excluding hydrogens is 304 g/mol. The summed E-state index contributed by atoms with van der Waals surface area (Å²) >= 11 is 1.49. The Hall–Kier alpha value is -1.33. The van der Waals surface area contributed by atoms with Crippen LogP contribution in [0.25, 0.3) is 6.08 Å². The number of hydrogen-bond acceptors (Lipinski definition) is 4. The van der Waals surface area contributed by atoms with E-state index in [1.165, 1.54) is 18.9 Å². The molecule has 1 aromatic carbocycles. The molecule has 0 saturated carbocycles. The molecule has 0 spiro atoms. The van der Waals surface area contributed by atoms with Crippen molar-refractivity contribution in [2.75, 3.05) is 19.6 Å². The SMILES string of the molecule is COC(=O)/C(=C\C=C\c1ccccc1)CC(SC)S(C)=O. The molecule has 0 saturated heterocycles. The Morgan fingerprint density at radius 3 is 2.57 bits per heavy atom. The Kier molecular flexibility index (Phi) is 8.08. The number of methoxy groups -OCH3 is 1. The van der Waals surface area contributed by atoms with Crippen LogP contribution in [0, 0.1) is 0 Å². The Labute approximate surface area is 132 Å². The topological polar surface area (TPSA) is 43.4 Å². The summed E-state index contributed by atoms with van der Waals surface area (Å²) in [5.41, 5.74) is 1.58. The normalized spacial score (nSPS) is 14.9. The third-order valence-corrected chi connectivity index (χ3v) is 5.84. The number of esters is 1. The van der Waals surface area contributed by atoms with Gasteiger partial charge in [-0.2, -0.15) is 0 Å². The van der Waals surface area contributed by atoms with Crippen molar-refractivity contribution in [1.82, 2.24) is 0 Å². The largest absolute Gasteiger partial charge is 0.466 e. The molecule has 0 aromatic heterocycles. The second kappa shape index (κ2) is 9.58. The lowest BCUT2D eigenvalue weighted by atomic mass is 10.1. The van der Waals surface area contributed by atoms with E-state index in [2.05, 4.69) is 0 Å². The molecule has 0 N–H and O–H groups in total. The van der Waals surface area contributed by atoms with Crippen molar-refractivity contribution in [2.24, 2.45) is 0 Å². The van der Waals surface area contributed by atoms with Crippen LogP contribution in [0.4, 0.5) is 0 Å². The number of allylic oxidation sites excluding steroid dienone is 2. The van der Waals surface area contributed by atoms with Crippen molar-refractivity contribution in [2.45, 2.75) is 11.0 Å². The zero-order valence-corrected chi connectivity index (χ0v) is 14.1. The number of carbonyl (C=O) groups is 1. The van der Waals surface area contributed by atoms with E-state index in [1.54, 1.807) is 12.3 Å². The summed E-state index contributed by atoms with van der Waals surface area (Å²) in [6.45, 7) is 0. The van der Waals surface area contributed by atoms with Crippen molar-refractivity contribution in [3.05, 3.63) is 53.6 Å². The maximum atomic E-state index is 11.8. The van der Waals surface area contributed by atoms with E-state index in [0.29, 0.717) is 12.0 Å². The number of hydrogen-bond donors (Lipinski definition) is 0. The van der Waals surface area contributed by atoms with Crippen molar-refractivity contribution >= 4 is 34.6 Å². The van der Waals surface area contributed by atoms with Crippen LogP contribution < -0.4 is 0 Å². The highest BCUT2D eigenvalue weighted by Crippen LogP contribution is 2.20. The molecular formula is C16H20O3S2. The number of benzene rings is 1. The summed E-state index contributed by atoms with van der Waals surface area (Å²) in [7, 11) is 0.362. The summed E-state index contributed by atoms with van der Waals surface area (Å²) in [6, 6.07) is 9.82. The van der Waals surface area contributed by atoms with Gasteiger partial charge in [0.1, 0.15) is 0 Å². The number of thioether (sulfide) groups is 1. The molecule has 21 heavy (non-hydrogen) atoms. The van der Waals surface area contributed by atoms with Gasteiger partial charge in [-0.05, 0) is 11.8 Å². The first-order chi connectivity index (χ1) is 10.1. The number of carbonyl (C=O) groups excluding carboxylic acids is 1. The van der Waals surface area contributed by atoms with Crippen LogP contribution in [0.1, 0.15) is 12.0 Å². The van der Waals surface area contributed by atoms with E-state index in [0.717, 1.165) is 5.56 Å². The van der Waals surface area contributed by atoms with E-state index in [9.17, 15) is 9.00 Å². The molecule has 0 bridgehead atoms. The number of ether oxygens (including phenoxy) is 1. The van der Waals surface area contributed by atoms with Gasteiger partial charge in [0.15, 0.2) is 0 Å². The smallest absolute Gasteiger partial charge is 0.333 e. The second-order valence-electron chi connectivity index (χ2n) is 4.32. The van der Waals surface area contributed by atoms with E-state index >= 15 is 0 Å². The highest BCUT2D eigenvalue weighted by atomic mass is 32.2. The van der Waals surface area contributed by atoms with Gasteiger partial charge in [-0.1, -0.05) is 48.6 Å². The third-order valence-electron chi connectivity index (χ3n) is 2.85. The first-order valence-electron chi connectivity index (χ1n) is 6.44. The fourth-order valence-electron chi connectivity index (χ4n) is 1.71. The predicted octanol–water partition coefficient (Wildman–Crippen LogP) is 3.26. The van der Waals surface area contributed by atoms with E-state index in [-0.39, 0.29) is 10.6 Å². The van der Waals surface area contributed by atoms with Gasteiger partial charge in [-0.3, -0.25) is 4.21 Å². The molecule has 5 heteroatoms. The minimum Gasteiger partial charge on any atom is -0.466 e. The molecule has 1 rings (SSSR count). The molecule has 2 unspecified atom stereocenters. The quantitative estimate of drug-likeness (QED) is 0.439. The summed E-state index contributed by atoms with van der Waals surface area (Å²) in [5.74, 6) is -0.378. The average Bonchev–Trinajstić information content (AvgIpc) is 2.50. The van der Waals surface area contributed by atoms with E-state index in [1.807, 2.05) is 48.7 Å². The van der Waals surface area contributed by atoms with Gasteiger partial charge in [-0.15, -0.1) is 11.8 Å². The molecule has 0 aliphatic carbocycles. The lowest BCUT2D eigenvalue weighted by molar-refractivity contribution is -0.136. The van der Waals surface area contributed by atoms with Gasteiger partial charge in [0.25, 0.3) is 0 Å². The third kappa shape index (κ3) is 6.31. The van der Waals surface area contributed by atoms with Crippen molar-refractivity contribution < 1.29 is 13.7 Å². The average molecular weight is 324 g/mol. The molecule has 114 valence electrons. The molecule has 0 radical (unpaired) electrons. The second-order valence-corrected chi connectivity index (χ2v) is 7.23. The summed E-state index contributed by atoms with van der Waals surface area (Å²) in [4.78, 5) is 11.8. The first kappa shape index (κ1) is 17.7. The van der Waals surface area contributed by atoms with Gasteiger partial charge in [0, 0.05) is 29.0 Å². The van der Waals surface area contributed by atoms with Gasteiger partial charge in [0.2, 0.25) is 0 Å². The monoisotopic (exact) mass is 324 g/mol. The van der Waals surface area contributed by atoms with Crippen LogP contribution in [0.15, 0.2) is 48.1 Å². The highest BCUT2D eigenvalue weighted by Gasteiger charge is 2.18. The number of rotatable bonds is 7.